The quantitative estimate of drug-likeness (QED) is 0.842. The molecule has 0 aliphatic carbocycles. The van der Waals surface area contributed by atoms with Crippen LogP contribution in [0.2, 0.25) is 0 Å². The maximum atomic E-state index is 13.6. The average Bonchev–Trinajstić information content (AvgIpc) is 2.61. The number of hydrogen-bond acceptors (Lipinski definition) is 2. The fourth-order valence-corrected chi connectivity index (χ4v) is 1.74. The van der Waals surface area contributed by atoms with Gasteiger partial charge in [0, 0.05) is 17.3 Å². The maximum absolute atomic E-state index is 13.6. The van der Waals surface area contributed by atoms with Gasteiger partial charge in [-0.15, -0.1) is 0 Å². The van der Waals surface area contributed by atoms with Crippen molar-refractivity contribution in [3.05, 3.63) is 47.5 Å². The van der Waals surface area contributed by atoms with Gasteiger partial charge in [-0.3, -0.25) is 0 Å². The summed E-state index contributed by atoms with van der Waals surface area (Å²) in [6.07, 6.45) is 1.69. The molecule has 0 aliphatic heterocycles. The van der Waals surface area contributed by atoms with Gasteiger partial charge in [-0.1, -0.05) is 12.1 Å². The van der Waals surface area contributed by atoms with Crippen LogP contribution in [-0.2, 0) is 0 Å². The number of rotatable bonds is 2. The summed E-state index contributed by atoms with van der Waals surface area (Å²) in [6.45, 7) is 3.77. The number of aromatic nitrogens is 2. The molecule has 0 amide bonds. The van der Waals surface area contributed by atoms with Gasteiger partial charge >= 0.3 is 0 Å². The fourth-order valence-electron chi connectivity index (χ4n) is 1.74. The predicted molar refractivity (Wildman–Crippen MR) is 60.9 cm³/mol. The van der Waals surface area contributed by atoms with E-state index < -0.39 is 0 Å². The van der Waals surface area contributed by atoms with E-state index >= 15 is 0 Å². The van der Waals surface area contributed by atoms with Crippen LogP contribution in [0.25, 0.3) is 5.69 Å². The standard InChI is InChI=1S/C12H14FN3/c1-8(14)10-7-15-16(9(10)2)12-6-4-3-5-11(12)13/h3-8H,14H2,1-2H3. The Morgan fingerprint density at radius 3 is 2.62 bits per heavy atom. The summed E-state index contributed by atoms with van der Waals surface area (Å²) in [5.74, 6) is -0.287. The zero-order valence-electron chi connectivity index (χ0n) is 9.31. The van der Waals surface area contributed by atoms with Gasteiger partial charge in [0.1, 0.15) is 11.5 Å². The second-order valence-corrected chi connectivity index (χ2v) is 3.84. The first-order chi connectivity index (χ1) is 7.61. The highest BCUT2D eigenvalue weighted by molar-refractivity contribution is 5.36. The van der Waals surface area contributed by atoms with Crippen LogP contribution < -0.4 is 5.73 Å². The third kappa shape index (κ3) is 1.72. The average molecular weight is 219 g/mol. The molecule has 2 rings (SSSR count). The first-order valence-corrected chi connectivity index (χ1v) is 5.16. The Morgan fingerprint density at radius 1 is 1.38 bits per heavy atom. The smallest absolute Gasteiger partial charge is 0.148 e. The number of nitrogens with two attached hydrogens (primary N) is 1. The van der Waals surface area contributed by atoms with Crippen molar-refractivity contribution in [1.82, 2.24) is 9.78 Å². The van der Waals surface area contributed by atoms with Crippen LogP contribution in [0.3, 0.4) is 0 Å². The Balaban J connectivity index is 2.54. The van der Waals surface area contributed by atoms with Crippen molar-refractivity contribution in [3.8, 4) is 5.69 Å². The van der Waals surface area contributed by atoms with Crippen molar-refractivity contribution in [1.29, 1.82) is 0 Å². The van der Waals surface area contributed by atoms with Crippen molar-refractivity contribution in [2.75, 3.05) is 0 Å². The van der Waals surface area contributed by atoms with Crippen molar-refractivity contribution in [2.24, 2.45) is 5.73 Å². The van der Waals surface area contributed by atoms with Crippen molar-refractivity contribution < 1.29 is 4.39 Å². The summed E-state index contributed by atoms with van der Waals surface area (Å²) >= 11 is 0. The van der Waals surface area contributed by atoms with E-state index in [-0.39, 0.29) is 11.9 Å². The van der Waals surface area contributed by atoms with Gasteiger partial charge in [0.05, 0.1) is 6.20 Å². The Kier molecular flexibility index (Phi) is 2.75. The SMILES string of the molecule is Cc1c(C(C)N)cnn1-c1ccccc1F. The van der Waals surface area contributed by atoms with Crippen molar-refractivity contribution in [3.63, 3.8) is 0 Å². The number of halogens is 1. The molecule has 0 spiro atoms. The topological polar surface area (TPSA) is 43.8 Å². The maximum Gasteiger partial charge on any atom is 0.148 e. The predicted octanol–water partition coefficient (Wildman–Crippen LogP) is 2.34. The van der Waals surface area contributed by atoms with Gasteiger partial charge < -0.3 is 5.73 Å². The van der Waals surface area contributed by atoms with Crippen LogP contribution >= 0.6 is 0 Å². The summed E-state index contributed by atoms with van der Waals surface area (Å²) in [4.78, 5) is 0. The van der Waals surface area contributed by atoms with Gasteiger partial charge in [0.25, 0.3) is 0 Å². The summed E-state index contributed by atoms with van der Waals surface area (Å²) in [7, 11) is 0. The minimum atomic E-state index is -0.287. The Morgan fingerprint density at radius 2 is 2.06 bits per heavy atom. The Labute approximate surface area is 93.7 Å². The third-order valence-corrected chi connectivity index (χ3v) is 2.62. The minimum absolute atomic E-state index is 0.0967. The molecule has 1 unspecified atom stereocenters. The van der Waals surface area contributed by atoms with E-state index in [1.54, 1.807) is 29.1 Å². The molecule has 1 aromatic heterocycles. The van der Waals surface area contributed by atoms with Crippen molar-refractivity contribution in [2.45, 2.75) is 19.9 Å². The van der Waals surface area contributed by atoms with Gasteiger partial charge in [-0.25, -0.2) is 9.07 Å². The normalized spacial score (nSPS) is 12.8. The van der Waals surface area contributed by atoms with Crippen LogP contribution in [0.1, 0.15) is 24.2 Å². The summed E-state index contributed by atoms with van der Waals surface area (Å²) in [5, 5.41) is 4.16. The lowest BCUT2D eigenvalue weighted by atomic mass is 10.1. The molecule has 0 saturated carbocycles. The van der Waals surface area contributed by atoms with Gasteiger partial charge in [0.2, 0.25) is 0 Å². The van der Waals surface area contributed by atoms with E-state index in [9.17, 15) is 4.39 Å². The highest BCUT2D eigenvalue weighted by Gasteiger charge is 2.13. The monoisotopic (exact) mass is 219 g/mol. The van der Waals surface area contributed by atoms with Crippen LogP contribution in [-0.4, -0.2) is 9.78 Å². The summed E-state index contributed by atoms with van der Waals surface area (Å²) in [6, 6.07) is 6.46. The first-order valence-electron chi connectivity index (χ1n) is 5.16. The third-order valence-electron chi connectivity index (χ3n) is 2.62. The highest BCUT2D eigenvalue weighted by Crippen LogP contribution is 2.19. The first kappa shape index (κ1) is 10.8. The minimum Gasteiger partial charge on any atom is -0.324 e. The lowest BCUT2D eigenvalue weighted by molar-refractivity contribution is 0.608. The van der Waals surface area contributed by atoms with E-state index in [0.29, 0.717) is 5.69 Å². The second kappa shape index (κ2) is 4.06. The molecule has 0 saturated heterocycles. The Hall–Kier alpha value is -1.68. The van der Waals surface area contributed by atoms with E-state index in [1.807, 2.05) is 13.8 Å². The zero-order chi connectivity index (χ0) is 11.7. The molecule has 1 atom stereocenters. The molecular formula is C12H14FN3. The summed E-state index contributed by atoms with van der Waals surface area (Å²) < 4.78 is 15.2. The van der Waals surface area contributed by atoms with Crippen LogP contribution in [0.5, 0.6) is 0 Å². The van der Waals surface area contributed by atoms with Gasteiger partial charge in [0.15, 0.2) is 0 Å². The summed E-state index contributed by atoms with van der Waals surface area (Å²) in [5.41, 5.74) is 8.06. The zero-order valence-corrected chi connectivity index (χ0v) is 9.31. The molecule has 0 fully saturated rings. The van der Waals surface area contributed by atoms with Gasteiger partial charge in [-0.2, -0.15) is 5.10 Å². The molecule has 4 heteroatoms. The highest BCUT2D eigenvalue weighted by atomic mass is 19.1. The molecule has 1 heterocycles. The van der Waals surface area contributed by atoms with Gasteiger partial charge in [-0.05, 0) is 26.0 Å². The molecule has 2 aromatic rings. The fraction of sp³-hybridized carbons (Fsp3) is 0.250. The van der Waals surface area contributed by atoms with Crippen LogP contribution in [0, 0.1) is 12.7 Å². The lowest BCUT2D eigenvalue weighted by Gasteiger charge is -2.07. The van der Waals surface area contributed by atoms with E-state index in [2.05, 4.69) is 5.10 Å². The van der Waals surface area contributed by atoms with E-state index in [0.717, 1.165) is 11.3 Å². The number of hydrogen-bond donors (Lipinski definition) is 1. The number of nitrogens with zero attached hydrogens (tertiary/aromatic N) is 2. The number of benzene rings is 1. The van der Waals surface area contributed by atoms with Crippen LogP contribution in [0.15, 0.2) is 30.5 Å². The number of para-hydroxylation sites is 1. The lowest BCUT2D eigenvalue weighted by Crippen LogP contribution is -2.07. The van der Waals surface area contributed by atoms with E-state index in [4.69, 9.17) is 5.73 Å². The molecule has 84 valence electrons. The molecule has 0 bridgehead atoms. The van der Waals surface area contributed by atoms with E-state index in [1.165, 1.54) is 6.07 Å². The molecule has 0 radical (unpaired) electrons. The molecule has 16 heavy (non-hydrogen) atoms. The second-order valence-electron chi connectivity index (χ2n) is 3.84. The molecule has 0 aliphatic rings. The largest absolute Gasteiger partial charge is 0.324 e. The molecule has 2 N–H and O–H groups in total. The molecular weight excluding hydrogens is 205 g/mol. The Bertz CT molecular complexity index is 503. The van der Waals surface area contributed by atoms with Crippen molar-refractivity contribution >= 4 is 0 Å². The molecule has 1 aromatic carbocycles. The van der Waals surface area contributed by atoms with Crippen LogP contribution in [0.4, 0.5) is 4.39 Å². The molecule has 3 nitrogen and oxygen atoms in total.